The van der Waals surface area contributed by atoms with Crippen molar-refractivity contribution in [3.63, 3.8) is 0 Å². The van der Waals surface area contributed by atoms with Gasteiger partial charge in [-0.3, -0.25) is 4.79 Å². The molecule has 0 unspecified atom stereocenters. The van der Waals surface area contributed by atoms with Crippen LogP contribution in [-0.2, 0) is 4.79 Å². The Labute approximate surface area is 160 Å². The molecular weight excluding hydrogens is 399 g/mol. The Morgan fingerprint density at radius 1 is 1.11 bits per heavy atom. The van der Waals surface area contributed by atoms with E-state index in [0.29, 0.717) is 15.9 Å². The number of ether oxygens (including phenoxy) is 1. The molecule has 5 nitrogen and oxygen atoms in total. The van der Waals surface area contributed by atoms with Gasteiger partial charge in [0.2, 0.25) is 5.91 Å². The summed E-state index contributed by atoms with van der Waals surface area (Å²) < 4.78 is 45.0. The van der Waals surface area contributed by atoms with Crippen molar-refractivity contribution in [1.29, 1.82) is 0 Å². The highest BCUT2D eigenvalue weighted by Gasteiger charge is 2.30. The smallest absolute Gasteiger partial charge is 0.406 e. The lowest BCUT2D eigenvalue weighted by Gasteiger charge is -2.09. The van der Waals surface area contributed by atoms with Gasteiger partial charge in [0.1, 0.15) is 5.75 Å². The van der Waals surface area contributed by atoms with E-state index in [1.54, 1.807) is 0 Å². The Hall–Kier alpha value is -2.59. The van der Waals surface area contributed by atoms with Crippen LogP contribution >= 0.6 is 23.3 Å². The summed E-state index contributed by atoms with van der Waals surface area (Å²) in [5, 5.41) is 2.60. The lowest BCUT2D eigenvalue weighted by atomic mass is 10.2. The van der Waals surface area contributed by atoms with Gasteiger partial charge in [0.25, 0.3) is 0 Å². The average Bonchev–Trinajstić information content (AvgIpc) is 3.10. The van der Waals surface area contributed by atoms with Crippen molar-refractivity contribution < 1.29 is 22.7 Å². The number of hydrogen-bond donors (Lipinski definition) is 1. The molecule has 1 aromatic heterocycles. The highest BCUT2D eigenvalue weighted by Crippen LogP contribution is 2.26. The van der Waals surface area contributed by atoms with Crippen LogP contribution in [0.4, 0.5) is 18.9 Å². The highest BCUT2D eigenvalue weighted by atomic mass is 32.2. The molecule has 0 spiro atoms. The third-order valence-electron chi connectivity index (χ3n) is 3.14. The van der Waals surface area contributed by atoms with E-state index in [2.05, 4.69) is 19.4 Å². The molecule has 1 N–H and O–H groups in total. The topological polar surface area (TPSA) is 64.1 Å². The molecule has 10 heteroatoms. The zero-order chi connectivity index (χ0) is 19.3. The monoisotopic (exact) mass is 411 g/mol. The summed E-state index contributed by atoms with van der Waals surface area (Å²) >= 11 is 2.43. The molecule has 0 aliphatic heterocycles. The zero-order valence-corrected chi connectivity index (χ0v) is 15.2. The van der Waals surface area contributed by atoms with E-state index >= 15 is 0 Å². The Morgan fingerprint density at radius 2 is 1.81 bits per heavy atom. The summed E-state index contributed by atoms with van der Waals surface area (Å²) in [5.41, 5.74) is 1.27. The lowest BCUT2D eigenvalue weighted by Crippen LogP contribution is -2.17. The third kappa shape index (κ3) is 5.97. The molecule has 0 aliphatic rings. The van der Waals surface area contributed by atoms with E-state index < -0.39 is 6.36 Å². The number of carbonyl (C=O) groups excluding carboxylic acids is 1. The number of rotatable bonds is 6. The molecule has 27 heavy (non-hydrogen) atoms. The van der Waals surface area contributed by atoms with E-state index in [0.717, 1.165) is 17.7 Å². The Bertz CT molecular complexity index is 900. The summed E-state index contributed by atoms with van der Waals surface area (Å²) in [5.74, 6) is 0.0476. The molecule has 3 rings (SSSR count). The normalized spacial score (nSPS) is 11.2. The van der Waals surface area contributed by atoms with Crippen molar-refractivity contribution >= 4 is 34.9 Å². The molecule has 0 atom stereocenters. The van der Waals surface area contributed by atoms with Crippen LogP contribution in [0.1, 0.15) is 0 Å². The number of nitrogens with one attached hydrogen (secondary N) is 1. The van der Waals surface area contributed by atoms with Gasteiger partial charge >= 0.3 is 6.36 Å². The maximum Gasteiger partial charge on any atom is 0.573 e. The number of nitrogens with zero attached hydrogens (tertiary/aromatic N) is 2. The van der Waals surface area contributed by atoms with E-state index in [1.165, 1.54) is 35.4 Å². The van der Waals surface area contributed by atoms with Crippen molar-refractivity contribution in [1.82, 2.24) is 9.36 Å². The first kappa shape index (κ1) is 19.2. The molecule has 0 aliphatic carbocycles. The van der Waals surface area contributed by atoms with Gasteiger partial charge in [-0.1, -0.05) is 42.1 Å². The summed E-state index contributed by atoms with van der Waals surface area (Å²) in [4.78, 5) is 16.4. The van der Waals surface area contributed by atoms with Crippen LogP contribution in [-0.4, -0.2) is 27.4 Å². The minimum atomic E-state index is -4.75. The Balaban J connectivity index is 1.51. The number of halogens is 3. The van der Waals surface area contributed by atoms with Gasteiger partial charge < -0.3 is 10.1 Å². The van der Waals surface area contributed by atoms with Gasteiger partial charge in [-0.2, -0.15) is 4.37 Å². The van der Waals surface area contributed by atoms with Crippen molar-refractivity contribution in [2.45, 2.75) is 10.7 Å². The van der Waals surface area contributed by atoms with Gasteiger partial charge in [-0.25, -0.2) is 4.98 Å². The van der Waals surface area contributed by atoms with E-state index in [1.807, 2.05) is 30.3 Å². The molecule has 0 radical (unpaired) electrons. The predicted octanol–water partition coefficient (Wildman–Crippen LogP) is 4.83. The number of alkyl halides is 3. The second-order valence-electron chi connectivity index (χ2n) is 5.16. The van der Waals surface area contributed by atoms with Gasteiger partial charge in [0, 0.05) is 11.3 Å². The van der Waals surface area contributed by atoms with E-state index in [9.17, 15) is 18.0 Å². The van der Waals surface area contributed by atoms with Gasteiger partial charge in [0.15, 0.2) is 10.2 Å². The first-order valence-electron chi connectivity index (χ1n) is 7.57. The molecule has 140 valence electrons. The molecule has 1 amide bonds. The van der Waals surface area contributed by atoms with Crippen LogP contribution in [0.3, 0.4) is 0 Å². The Kier molecular flexibility index (Phi) is 5.97. The fraction of sp³-hybridized carbons (Fsp3) is 0.118. The van der Waals surface area contributed by atoms with Gasteiger partial charge in [0.05, 0.1) is 5.75 Å². The summed E-state index contributed by atoms with van der Waals surface area (Å²) in [6.45, 7) is 0. The third-order valence-corrected chi connectivity index (χ3v) is 4.97. The second-order valence-corrected chi connectivity index (χ2v) is 7.13. The first-order valence-corrected chi connectivity index (χ1v) is 9.32. The molecule has 1 heterocycles. The summed E-state index contributed by atoms with van der Waals surface area (Å²) in [6, 6.07) is 14.4. The number of amides is 1. The van der Waals surface area contributed by atoms with E-state index in [-0.39, 0.29) is 17.4 Å². The minimum Gasteiger partial charge on any atom is -0.406 e. The van der Waals surface area contributed by atoms with Crippen molar-refractivity contribution in [2.24, 2.45) is 0 Å². The maximum atomic E-state index is 12.1. The molecule has 0 bridgehead atoms. The summed E-state index contributed by atoms with van der Waals surface area (Å²) in [6.07, 6.45) is -4.75. The van der Waals surface area contributed by atoms with Crippen molar-refractivity contribution in [2.75, 3.05) is 11.1 Å². The lowest BCUT2D eigenvalue weighted by molar-refractivity contribution is -0.274. The van der Waals surface area contributed by atoms with Crippen LogP contribution in [0.5, 0.6) is 5.75 Å². The fourth-order valence-electron chi connectivity index (χ4n) is 2.04. The zero-order valence-electron chi connectivity index (χ0n) is 13.6. The van der Waals surface area contributed by atoms with Gasteiger partial charge in [-0.15, -0.1) is 13.2 Å². The van der Waals surface area contributed by atoms with Gasteiger partial charge in [-0.05, 0) is 35.8 Å². The molecule has 0 saturated heterocycles. The van der Waals surface area contributed by atoms with Crippen LogP contribution in [0.25, 0.3) is 11.4 Å². The number of hydrogen-bond acceptors (Lipinski definition) is 6. The first-order chi connectivity index (χ1) is 12.9. The molecule has 3 aromatic rings. The SMILES string of the molecule is O=C(CSc1nc(-c2ccccc2)ns1)Nc1ccc(OC(F)(F)F)cc1. The number of aromatic nitrogens is 2. The van der Waals surface area contributed by atoms with Crippen molar-refractivity contribution in [3.05, 3.63) is 54.6 Å². The molecule has 2 aromatic carbocycles. The average molecular weight is 411 g/mol. The minimum absolute atomic E-state index is 0.101. The molecule has 0 fully saturated rings. The van der Waals surface area contributed by atoms with Crippen LogP contribution in [0, 0.1) is 0 Å². The maximum absolute atomic E-state index is 12.1. The van der Waals surface area contributed by atoms with E-state index in [4.69, 9.17) is 0 Å². The number of thioether (sulfide) groups is 1. The Morgan fingerprint density at radius 3 is 2.48 bits per heavy atom. The molecule has 0 saturated carbocycles. The number of benzene rings is 2. The number of carbonyl (C=O) groups is 1. The molecular formula is C17H12F3N3O2S2. The standard InChI is InChI=1S/C17H12F3N3O2S2/c18-17(19,20)25-13-8-6-12(7-9-13)21-14(24)10-26-16-22-15(23-27-16)11-4-2-1-3-5-11/h1-9H,10H2,(H,21,24). The second kappa shape index (κ2) is 8.40. The summed E-state index contributed by atoms with van der Waals surface area (Å²) in [7, 11) is 0. The van der Waals surface area contributed by atoms with Crippen LogP contribution < -0.4 is 10.1 Å². The van der Waals surface area contributed by atoms with Crippen LogP contribution in [0.15, 0.2) is 58.9 Å². The largest absolute Gasteiger partial charge is 0.573 e. The fourth-order valence-corrected chi connectivity index (χ4v) is 3.45. The van der Waals surface area contributed by atoms with Crippen LogP contribution in [0.2, 0.25) is 0 Å². The quantitative estimate of drug-likeness (QED) is 0.589. The number of anilines is 1. The predicted molar refractivity (Wildman–Crippen MR) is 97.8 cm³/mol. The highest BCUT2D eigenvalue weighted by molar-refractivity contribution is 8.01. The van der Waals surface area contributed by atoms with Crippen molar-refractivity contribution in [3.8, 4) is 17.1 Å².